The second kappa shape index (κ2) is 12.1. The molecule has 0 bridgehead atoms. The van der Waals surface area contributed by atoms with E-state index in [-0.39, 0.29) is 18.0 Å². The molecule has 0 aliphatic heterocycles. The Labute approximate surface area is 159 Å². The third-order valence-electron chi connectivity index (χ3n) is 5.07. The molecule has 2 N–H and O–H groups in total. The van der Waals surface area contributed by atoms with Gasteiger partial charge in [-0.3, -0.25) is 4.79 Å². The lowest BCUT2D eigenvalue weighted by Gasteiger charge is -2.21. The number of terminal acetylenes is 1. The van der Waals surface area contributed by atoms with E-state index in [1.807, 2.05) is 6.08 Å². The third kappa shape index (κ3) is 8.38. The second-order valence-corrected chi connectivity index (χ2v) is 7.51. The zero-order chi connectivity index (χ0) is 19.4. The van der Waals surface area contributed by atoms with Gasteiger partial charge in [0.05, 0.1) is 6.10 Å². The Kier molecular flexibility index (Phi) is 10.6. The Morgan fingerprint density at radius 3 is 2.54 bits per heavy atom. The number of esters is 1. The number of hydrogen-bond acceptors (Lipinski definition) is 4. The lowest BCUT2D eigenvalue weighted by atomic mass is 9.94. The van der Waals surface area contributed by atoms with Crippen molar-refractivity contribution in [1.29, 1.82) is 0 Å². The summed E-state index contributed by atoms with van der Waals surface area (Å²) in [5, 5.41) is 20.5. The molecule has 26 heavy (non-hydrogen) atoms. The SMILES string of the molecule is C#C[C@@](O)(C=CC1CC(O)CC1OC(=O)CCCCCC)CCCCC. The quantitative estimate of drug-likeness (QED) is 0.236. The third-order valence-corrected chi connectivity index (χ3v) is 5.07. The Morgan fingerprint density at radius 1 is 1.19 bits per heavy atom. The van der Waals surface area contributed by atoms with Gasteiger partial charge in [-0.1, -0.05) is 57.9 Å². The van der Waals surface area contributed by atoms with Crippen molar-refractivity contribution in [3.63, 3.8) is 0 Å². The Morgan fingerprint density at radius 2 is 1.88 bits per heavy atom. The molecule has 1 aliphatic carbocycles. The fraction of sp³-hybridized carbons (Fsp3) is 0.773. The van der Waals surface area contributed by atoms with Crippen molar-refractivity contribution < 1.29 is 19.7 Å². The summed E-state index contributed by atoms with van der Waals surface area (Å²) in [6, 6.07) is 0. The molecule has 0 radical (unpaired) electrons. The first kappa shape index (κ1) is 22.7. The topological polar surface area (TPSA) is 66.8 Å². The molecule has 0 heterocycles. The number of carbonyl (C=O) groups is 1. The molecule has 148 valence electrons. The molecule has 3 unspecified atom stereocenters. The van der Waals surface area contributed by atoms with Crippen molar-refractivity contribution in [3.05, 3.63) is 12.2 Å². The molecule has 1 fully saturated rings. The number of rotatable bonds is 12. The van der Waals surface area contributed by atoms with Crippen LogP contribution in [0.25, 0.3) is 0 Å². The van der Waals surface area contributed by atoms with Gasteiger partial charge in [-0.25, -0.2) is 0 Å². The molecule has 1 aliphatic rings. The van der Waals surface area contributed by atoms with Crippen LogP contribution in [-0.4, -0.2) is 34.0 Å². The second-order valence-electron chi connectivity index (χ2n) is 7.51. The van der Waals surface area contributed by atoms with Crippen LogP contribution in [0.5, 0.6) is 0 Å². The monoisotopic (exact) mass is 364 g/mol. The van der Waals surface area contributed by atoms with Crippen LogP contribution >= 0.6 is 0 Å². The standard InChI is InChI=1S/C22H36O4/c1-4-7-9-10-12-21(24)26-20-17-19(23)16-18(20)13-15-22(25,6-3)14-11-8-5-2/h3,13,15,18-20,23,25H,4-5,7-12,14,16-17H2,1-2H3/t18?,19?,20?,22-/m0/s1. The zero-order valence-corrected chi connectivity index (χ0v) is 16.5. The first-order chi connectivity index (χ1) is 12.4. The molecular weight excluding hydrogens is 328 g/mol. The van der Waals surface area contributed by atoms with Crippen molar-refractivity contribution >= 4 is 5.97 Å². The summed E-state index contributed by atoms with van der Waals surface area (Å²) >= 11 is 0. The van der Waals surface area contributed by atoms with Gasteiger partial charge < -0.3 is 14.9 Å². The number of aliphatic hydroxyl groups is 2. The fourth-order valence-electron chi connectivity index (χ4n) is 3.40. The van der Waals surface area contributed by atoms with Gasteiger partial charge in [0.15, 0.2) is 0 Å². The summed E-state index contributed by atoms with van der Waals surface area (Å²) in [6.45, 7) is 4.24. The molecule has 0 aromatic rings. The normalized spacial score (nSPS) is 25.1. The van der Waals surface area contributed by atoms with E-state index in [4.69, 9.17) is 11.2 Å². The van der Waals surface area contributed by atoms with Gasteiger partial charge in [0.2, 0.25) is 0 Å². The molecule has 0 aromatic heterocycles. The van der Waals surface area contributed by atoms with Crippen LogP contribution in [0.2, 0.25) is 0 Å². The minimum atomic E-state index is -1.27. The van der Waals surface area contributed by atoms with Gasteiger partial charge in [-0.05, 0) is 31.8 Å². The average molecular weight is 365 g/mol. The van der Waals surface area contributed by atoms with E-state index in [2.05, 4.69) is 19.8 Å². The largest absolute Gasteiger partial charge is 0.462 e. The summed E-state index contributed by atoms with van der Waals surface area (Å²) in [7, 11) is 0. The lowest BCUT2D eigenvalue weighted by molar-refractivity contribution is -0.150. The van der Waals surface area contributed by atoms with Crippen molar-refractivity contribution in [2.75, 3.05) is 0 Å². The highest BCUT2D eigenvalue weighted by Gasteiger charge is 2.35. The van der Waals surface area contributed by atoms with E-state index in [0.29, 0.717) is 25.7 Å². The van der Waals surface area contributed by atoms with Crippen LogP contribution in [0.15, 0.2) is 12.2 Å². The van der Waals surface area contributed by atoms with E-state index in [9.17, 15) is 15.0 Å². The van der Waals surface area contributed by atoms with Crippen molar-refractivity contribution in [2.45, 2.75) is 102 Å². The van der Waals surface area contributed by atoms with E-state index >= 15 is 0 Å². The molecule has 0 saturated heterocycles. The lowest BCUT2D eigenvalue weighted by Crippen LogP contribution is -2.25. The first-order valence-electron chi connectivity index (χ1n) is 10.2. The highest BCUT2D eigenvalue weighted by molar-refractivity contribution is 5.69. The number of carbonyl (C=O) groups excluding carboxylic acids is 1. The molecular formula is C22H36O4. The van der Waals surface area contributed by atoms with Crippen LogP contribution in [0, 0.1) is 18.3 Å². The van der Waals surface area contributed by atoms with E-state index < -0.39 is 11.7 Å². The van der Waals surface area contributed by atoms with Crippen LogP contribution in [0.3, 0.4) is 0 Å². The predicted molar refractivity (Wildman–Crippen MR) is 104 cm³/mol. The first-order valence-corrected chi connectivity index (χ1v) is 10.2. The maximum absolute atomic E-state index is 12.0. The summed E-state index contributed by atoms with van der Waals surface area (Å²) < 4.78 is 5.59. The molecule has 1 saturated carbocycles. The smallest absolute Gasteiger partial charge is 0.306 e. The number of ether oxygens (including phenoxy) is 1. The van der Waals surface area contributed by atoms with Gasteiger partial charge in [0, 0.05) is 18.8 Å². The summed E-state index contributed by atoms with van der Waals surface area (Å²) in [5.74, 6) is 2.16. The zero-order valence-electron chi connectivity index (χ0n) is 16.5. The molecule has 0 spiro atoms. The predicted octanol–water partition coefficient (Wildman–Crippen LogP) is 4.14. The highest BCUT2D eigenvalue weighted by Crippen LogP contribution is 2.31. The summed E-state index contributed by atoms with van der Waals surface area (Å²) in [6.07, 6.45) is 17.2. The number of aliphatic hydroxyl groups excluding tert-OH is 1. The van der Waals surface area contributed by atoms with Gasteiger partial charge in [-0.2, -0.15) is 0 Å². The molecule has 4 atom stereocenters. The van der Waals surface area contributed by atoms with Gasteiger partial charge in [-0.15, -0.1) is 6.42 Å². The van der Waals surface area contributed by atoms with Crippen molar-refractivity contribution in [3.8, 4) is 12.3 Å². The van der Waals surface area contributed by atoms with Crippen LogP contribution in [-0.2, 0) is 9.53 Å². The minimum Gasteiger partial charge on any atom is -0.462 e. The number of hydrogen-bond donors (Lipinski definition) is 2. The molecule has 1 rings (SSSR count). The van der Waals surface area contributed by atoms with Crippen LogP contribution in [0.1, 0.15) is 84.5 Å². The molecule has 4 nitrogen and oxygen atoms in total. The Balaban J connectivity index is 2.57. The van der Waals surface area contributed by atoms with Crippen LogP contribution in [0.4, 0.5) is 0 Å². The highest BCUT2D eigenvalue weighted by atomic mass is 16.5. The fourth-order valence-corrected chi connectivity index (χ4v) is 3.40. The summed E-state index contributed by atoms with van der Waals surface area (Å²) in [5.41, 5.74) is -1.27. The maximum atomic E-state index is 12.0. The van der Waals surface area contributed by atoms with Crippen molar-refractivity contribution in [1.82, 2.24) is 0 Å². The van der Waals surface area contributed by atoms with Crippen molar-refractivity contribution in [2.24, 2.45) is 5.92 Å². The van der Waals surface area contributed by atoms with E-state index in [1.165, 1.54) is 0 Å². The molecule has 4 heteroatoms. The average Bonchev–Trinajstić information content (AvgIpc) is 2.96. The van der Waals surface area contributed by atoms with E-state index in [0.717, 1.165) is 44.9 Å². The molecule has 0 amide bonds. The van der Waals surface area contributed by atoms with Gasteiger partial charge >= 0.3 is 5.97 Å². The Hall–Kier alpha value is -1.31. The van der Waals surface area contributed by atoms with Crippen LogP contribution < -0.4 is 0 Å². The van der Waals surface area contributed by atoms with E-state index in [1.54, 1.807) is 6.08 Å². The molecule has 0 aromatic carbocycles. The number of unbranched alkanes of at least 4 members (excludes halogenated alkanes) is 5. The minimum absolute atomic E-state index is 0.101. The maximum Gasteiger partial charge on any atom is 0.306 e. The Bertz CT molecular complexity index is 479. The summed E-state index contributed by atoms with van der Waals surface area (Å²) in [4.78, 5) is 12.0. The van der Waals surface area contributed by atoms with Gasteiger partial charge in [0.1, 0.15) is 11.7 Å². The van der Waals surface area contributed by atoms with Gasteiger partial charge in [0.25, 0.3) is 0 Å².